The van der Waals surface area contributed by atoms with Crippen LogP contribution in [0.3, 0.4) is 0 Å². The van der Waals surface area contributed by atoms with E-state index in [-0.39, 0.29) is 30.9 Å². The van der Waals surface area contributed by atoms with Crippen LogP contribution in [0.1, 0.15) is 49.9 Å². The van der Waals surface area contributed by atoms with Gasteiger partial charge in [0, 0.05) is 13.1 Å². The number of hydrogen-bond donors (Lipinski definition) is 4. The van der Waals surface area contributed by atoms with Gasteiger partial charge in [-0.15, -0.1) is 10.2 Å². The van der Waals surface area contributed by atoms with Gasteiger partial charge < -0.3 is 35.2 Å². The van der Waals surface area contributed by atoms with Crippen LogP contribution in [0.4, 0.5) is 11.8 Å². The van der Waals surface area contributed by atoms with Gasteiger partial charge in [0.05, 0.1) is 25.5 Å². The molecule has 1 aromatic carbocycles. The Kier molecular flexibility index (Phi) is 9.73. The number of carbonyl (C=O) groups excluding carboxylic acids is 1. The number of imidazole rings is 1. The van der Waals surface area contributed by atoms with Crippen LogP contribution in [0.5, 0.6) is 0 Å². The minimum atomic E-state index is -1.30. The minimum Gasteiger partial charge on any atom is -0.458 e. The van der Waals surface area contributed by atoms with Crippen molar-refractivity contribution in [2.75, 3.05) is 43.4 Å². The normalized spacial score (nSPS) is 22.8. The zero-order valence-corrected chi connectivity index (χ0v) is 25.1. The van der Waals surface area contributed by atoms with Gasteiger partial charge in [-0.05, 0) is 50.1 Å². The third kappa shape index (κ3) is 6.88. The molecule has 4 N–H and O–H groups in total. The molecule has 0 spiro atoms. The van der Waals surface area contributed by atoms with E-state index in [1.54, 1.807) is 4.57 Å². The number of nitrogens with zero attached hydrogens (tertiary/aromatic N) is 9. The van der Waals surface area contributed by atoms with Crippen molar-refractivity contribution < 1.29 is 24.5 Å². The molecule has 3 aromatic heterocycles. The van der Waals surface area contributed by atoms with Gasteiger partial charge in [-0.3, -0.25) is 9.36 Å². The van der Waals surface area contributed by atoms with Crippen LogP contribution in [0.25, 0.3) is 11.2 Å². The molecule has 2 saturated heterocycles. The second-order valence-electron chi connectivity index (χ2n) is 11.2. The van der Waals surface area contributed by atoms with Crippen LogP contribution < -0.4 is 10.6 Å². The first-order valence-corrected chi connectivity index (χ1v) is 15.4. The van der Waals surface area contributed by atoms with Crippen molar-refractivity contribution in [3.8, 4) is 0 Å². The van der Waals surface area contributed by atoms with Crippen molar-refractivity contribution in [2.24, 2.45) is 0 Å². The first-order chi connectivity index (χ1) is 22.1. The van der Waals surface area contributed by atoms with E-state index in [4.69, 9.17) is 19.4 Å². The number of aromatic nitrogens is 8. The van der Waals surface area contributed by atoms with Crippen LogP contribution in [0.15, 0.2) is 36.7 Å². The van der Waals surface area contributed by atoms with Crippen molar-refractivity contribution in [1.29, 1.82) is 0 Å². The van der Waals surface area contributed by atoms with Gasteiger partial charge in [0.2, 0.25) is 11.8 Å². The molecular formula is C29H39N11O5. The summed E-state index contributed by atoms with van der Waals surface area (Å²) in [6.07, 6.45) is 1.32. The number of likely N-dealkylation sites (tertiary alicyclic amines) is 1. The van der Waals surface area contributed by atoms with E-state index in [2.05, 4.69) is 35.9 Å². The molecule has 0 aliphatic carbocycles. The smallest absolute Gasteiger partial charge is 0.293 e. The number of aryl methyl sites for hydroxylation is 1. The van der Waals surface area contributed by atoms with E-state index in [0.29, 0.717) is 36.5 Å². The van der Waals surface area contributed by atoms with Crippen molar-refractivity contribution >= 4 is 29.4 Å². The Hall–Kier alpha value is -4.25. The second kappa shape index (κ2) is 14.2. The van der Waals surface area contributed by atoms with E-state index in [1.165, 1.54) is 30.4 Å². The lowest BCUT2D eigenvalue weighted by Crippen LogP contribution is -2.34. The highest BCUT2D eigenvalue weighted by atomic mass is 16.6. The fourth-order valence-electron chi connectivity index (χ4n) is 5.86. The zero-order valence-electron chi connectivity index (χ0n) is 25.1. The monoisotopic (exact) mass is 621 g/mol. The molecule has 2 aliphatic heterocycles. The first-order valence-electron chi connectivity index (χ1n) is 15.4. The van der Waals surface area contributed by atoms with Gasteiger partial charge in [0.1, 0.15) is 6.10 Å². The number of carbonyl (C=O) groups is 1. The van der Waals surface area contributed by atoms with E-state index in [9.17, 15) is 15.0 Å². The lowest BCUT2D eigenvalue weighted by Gasteiger charge is -2.26. The van der Waals surface area contributed by atoms with Gasteiger partial charge in [0.25, 0.3) is 6.47 Å². The summed E-state index contributed by atoms with van der Waals surface area (Å²) in [5.74, 6) is 0.961. The Balaban J connectivity index is 1.31. The number of benzene rings is 1. The third-order valence-corrected chi connectivity index (χ3v) is 8.17. The molecule has 0 saturated carbocycles. The van der Waals surface area contributed by atoms with Crippen molar-refractivity contribution in [3.05, 3.63) is 48.0 Å². The number of aliphatic hydroxyl groups excluding tert-OH is 2. The fourth-order valence-corrected chi connectivity index (χ4v) is 5.86. The Morgan fingerprint density at radius 2 is 2.00 bits per heavy atom. The summed E-state index contributed by atoms with van der Waals surface area (Å²) in [5.41, 5.74) is 1.91. The van der Waals surface area contributed by atoms with Crippen molar-refractivity contribution in [1.82, 2.24) is 44.6 Å². The summed E-state index contributed by atoms with van der Waals surface area (Å²) >= 11 is 0. The van der Waals surface area contributed by atoms with Crippen LogP contribution in [-0.4, -0.2) is 112 Å². The Bertz CT molecular complexity index is 1540. The Morgan fingerprint density at radius 1 is 1.18 bits per heavy atom. The Labute approximate surface area is 259 Å². The largest absolute Gasteiger partial charge is 0.458 e. The minimum absolute atomic E-state index is 0.143. The van der Waals surface area contributed by atoms with Crippen LogP contribution in [-0.2, 0) is 27.2 Å². The number of nitrogens with one attached hydrogen (secondary N) is 2. The molecule has 0 unspecified atom stereocenters. The molecule has 0 bridgehead atoms. The lowest BCUT2D eigenvalue weighted by atomic mass is 10.1. The molecule has 0 amide bonds. The van der Waals surface area contributed by atoms with Gasteiger partial charge in [-0.25, -0.2) is 4.98 Å². The summed E-state index contributed by atoms with van der Waals surface area (Å²) in [5, 5.41) is 40.5. The van der Waals surface area contributed by atoms with E-state index in [0.717, 1.165) is 25.2 Å². The number of aliphatic hydroxyl groups is 2. The van der Waals surface area contributed by atoms with Crippen LogP contribution in [0, 0.1) is 0 Å². The number of ether oxygens (including phenoxy) is 2. The highest BCUT2D eigenvalue weighted by molar-refractivity contribution is 5.84. The van der Waals surface area contributed by atoms with Gasteiger partial charge in [-0.2, -0.15) is 14.8 Å². The summed E-state index contributed by atoms with van der Waals surface area (Å²) in [6, 6.07) is 9.49. The molecule has 5 atom stereocenters. The highest BCUT2D eigenvalue weighted by Crippen LogP contribution is 2.40. The molecule has 16 heteroatoms. The standard InChI is InChI=1S/C29H39N11O5/c1-2-40-36-26(35-37-40)24-23(44-18-42)22(43)28(45-24)39-17-31-21-25(30-11-14-38-12-7-4-8-13-38)33-29(34-27(21)39)32-20(16-41)15-19-9-5-3-6-10-19/h3,5-6,9-10,17-18,20,22-24,28,41,43H,2,4,7-8,11-16H2,1H3,(H2,30,32,33,34)/t20-,22+,23-,24-,28+/m0/s1. The average Bonchev–Trinajstić information content (AvgIpc) is 3.80. The molecule has 16 nitrogen and oxygen atoms in total. The molecule has 240 valence electrons. The molecule has 2 fully saturated rings. The number of piperidine rings is 1. The maximum Gasteiger partial charge on any atom is 0.293 e. The van der Waals surface area contributed by atoms with Gasteiger partial charge >= 0.3 is 0 Å². The topological polar surface area (TPSA) is 190 Å². The second-order valence-corrected chi connectivity index (χ2v) is 11.2. The number of hydrogen-bond acceptors (Lipinski definition) is 14. The van der Waals surface area contributed by atoms with Crippen molar-refractivity contribution in [2.45, 2.75) is 69.7 Å². The van der Waals surface area contributed by atoms with Crippen LogP contribution >= 0.6 is 0 Å². The molecule has 4 aromatic rings. The van der Waals surface area contributed by atoms with Gasteiger partial charge in [0.15, 0.2) is 35.4 Å². The number of anilines is 2. The molecule has 6 rings (SSSR count). The predicted octanol–water partition coefficient (Wildman–Crippen LogP) is 0.919. The zero-order chi connectivity index (χ0) is 31.2. The molecular weight excluding hydrogens is 582 g/mol. The highest BCUT2D eigenvalue weighted by Gasteiger charge is 2.49. The maximum absolute atomic E-state index is 11.4. The SMILES string of the molecule is CCn1nnc([C@H]2O[C@@H](n3cnc4c(NCCN5CCCCC5)nc(N[C@H](CO)Cc5ccccc5)nc43)[C@H](O)[C@@H]2OC=O)n1. The quantitative estimate of drug-likeness (QED) is 0.145. The van der Waals surface area contributed by atoms with E-state index < -0.39 is 24.5 Å². The van der Waals surface area contributed by atoms with E-state index in [1.807, 2.05) is 37.3 Å². The summed E-state index contributed by atoms with van der Waals surface area (Å²) in [7, 11) is 0. The molecule has 45 heavy (non-hydrogen) atoms. The van der Waals surface area contributed by atoms with Crippen LogP contribution in [0.2, 0.25) is 0 Å². The maximum atomic E-state index is 11.4. The van der Waals surface area contributed by atoms with Crippen molar-refractivity contribution in [3.63, 3.8) is 0 Å². The van der Waals surface area contributed by atoms with E-state index >= 15 is 0 Å². The predicted molar refractivity (Wildman–Crippen MR) is 162 cm³/mol. The molecule has 5 heterocycles. The average molecular weight is 622 g/mol. The summed E-state index contributed by atoms with van der Waals surface area (Å²) in [4.78, 5) is 29.3. The summed E-state index contributed by atoms with van der Waals surface area (Å²) < 4.78 is 13.1. The number of rotatable bonds is 14. The molecule has 2 aliphatic rings. The fraction of sp³-hybridized carbons (Fsp3) is 0.552. The number of fused-ring (bicyclic) bond motifs is 1. The number of tetrazole rings is 1. The molecule has 0 radical (unpaired) electrons. The first kappa shape index (κ1) is 30.8. The lowest BCUT2D eigenvalue weighted by molar-refractivity contribution is -0.140. The summed E-state index contributed by atoms with van der Waals surface area (Å²) in [6.45, 7) is 6.10. The third-order valence-electron chi connectivity index (χ3n) is 8.17. The Morgan fingerprint density at radius 3 is 2.73 bits per heavy atom. The van der Waals surface area contributed by atoms with Gasteiger partial charge in [-0.1, -0.05) is 36.8 Å².